The second kappa shape index (κ2) is 4.23. The topological polar surface area (TPSA) is 56.7 Å². The maximum Gasteiger partial charge on any atom is 0.154 e. The molecule has 0 aliphatic rings. The largest absolute Gasteiger partial charge is 0.325 e. The highest BCUT2D eigenvalue weighted by molar-refractivity contribution is 6.31. The van der Waals surface area contributed by atoms with E-state index in [0.717, 1.165) is 17.2 Å². The van der Waals surface area contributed by atoms with Crippen molar-refractivity contribution in [1.29, 1.82) is 0 Å². The quantitative estimate of drug-likeness (QED) is 0.868. The van der Waals surface area contributed by atoms with Gasteiger partial charge in [0.1, 0.15) is 0 Å². The third-order valence-electron chi connectivity index (χ3n) is 2.32. The molecule has 4 nitrogen and oxygen atoms in total. The van der Waals surface area contributed by atoms with Crippen molar-refractivity contribution >= 4 is 11.6 Å². The summed E-state index contributed by atoms with van der Waals surface area (Å²) in [6.07, 6.45) is 0. The summed E-state index contributed by atoms with van der Waals surface area (Å²) in [6, 6.07) is 5.63. The van der Waals surface area contributed by atoms with Crippen molar-refractivity contribution in [3.05, 3.63) is 40.3 Å². The maximum atomic E-state index is 5.96. The van der Waals surface area contributed by atoms with Crippen LogP contribution < -0.4 is 5.73 Å². The molecule has 84 valence electrons. The van der Waals surface area contributed by atoms with E-state index in [1.165, 1.54) is 0 Å². The van der Waals surface area contributed by atoms with Gasteiger partial charge in [0.25, 0.3) is 0 Å². The van der Waals surface area contributed by atoms with Crippen molar-refractivity contribution in [1.82, 2.24) is 14.8 Å². The summed E-state index contributed by atoms with van der Waals surface area (Å²) in [6.45, 7) is 4.26. The van der Waals surface area contributed by atoms with Crippen LogP contribution in [0.5, 0.6) is 0 Å². The van der Waals surface area contributed by atoms with Crippen LogP contribution in [0.25, 0.3) is 5.82 Å². The third-order valence-corrected chi connectivity index (χ3v) is 2.67. The molecular weight excluding hydrogens is 224 g/mol. The van der Waals surface area contributed by atoms with Gasteiger partial charge in [-0.15, -0.1) is 0 Å². The summed E-state index contributed by atoms with van der Waals surface area (Å²) >= 11 is 5.96. The van der Waals surface area contributed by atoms with Crippen LogP contribution in [0, 0.1) is 13.8 Å². The highest BCUT2D eigenvalue weighted by Crippen LogP contribution is 2.16. The van der Waals surface area contributed by atoms with Crippen LogP contribution in [0.2, 0.25) is 5.02 Å². The molecule has 0 saturated heterocycles. The highest BCUT2D eigenvalue weighted by Gasteiger charge is 2.07. The Balaban J connectivity index is 2.52. The van der Waals surface area contributed by atoms with E-state index in [2.05, 4.69) is 10.1 Å². The first-order valence-corrected chi connectivity index (χ1v) is 5.38. The lowest BCUT2D eigenvalue weighted by atomic mass is 10.3. The van der Waals surface area contributed by atoms with Crippen LogP contribution in [-0.4, -0.2) is 14.8 Å². The number of rotatable bonds is 2. The van der Waals surface area contributed by atoms with Crippen molar-refractivity contribution in [3.8, 4) is 5.82 Å². The fourth-order valence-corrected chi connectivity index (χ4v) is 1.78. The Kier molecular flexibility index (Phi) is 2.94. The monoisotopic (exact) mass is 236 g/mol. The summed E-state index contributed by atoms with van der Waals surface area (Å²) < 4.78 is 1.78. The van der Waals surface area contributed by atoms with Crippen molar-refractivity contribution < 1.29 is 0 Å². The smallest absolute Gasteiger partial charge is 0.154 e. The highest BCUT2D eigenvalue weighted by atomic mass is 35.5. The van der Waals surface area contributed by atoms with Crippen LogP contribution in [0.3, 0.4) is 0 Å². The fourth-order valence-electron chi connectivity index (χ4n) is 1.59. The van der Waals surface area contributed by atoms with E-state index in [4.69, 9.17) is 17.3 Å². The second-order valence-corrected chi connectivity index (χ2v) is 4.05. The lowest BCUT2D eigenvalue weighted by molar-refractivity contribution is 0.794. The molecule has 0 bridgehead atoms. The first-order chi connectivity index (χ1) is 7.61. The molecule has 5 heteroatoms. The SMILES string of the molecule is Cc1cc(C)n(-c2ccc(Cl)c(CN)n2)n1. The summed E-state index contributed by atoms with van der Waals surface area (Å²) in [5.74, 6) is 0.746. The van der Waals surface area contributed by atoms with Crippen molar-refractivity contribution in [2.45, 2.75) is 20.4 Å². The van der Waals surface area contributed by atoms with Crippen molar-refractivity contribution in [2.24, 2.45) is 5.73 Å². The fraction of sp³-hybridized carbons (Fsp3) is 0.273. The first kappa shape index (κ1) is 11.1. The number of hydrogen-bond donors (Lipinski definition) is 1. The van der Waals surface area contributed by atoms with Gasteiger partial charge in [0.2, 0.25) is 0 Å². The molecule has 0 spiro atoms. The van der Waals surface area contributed by atoms with E-state index < -0.39 is 0 Å². The van der Waals surface area contributed by atoms with E-state index in [1.807, 2.05) is 26.0 Å². The minimum atomic E-state index is 0.325. The van der Waals surface area contributed by atoms with Crippen LogP contribution in [-0.2, 0) is 6.54 Å². The van der Waals surface area contributed by atoms with Gasteiger partial charge < -0.3 is 5.73 Å². The van der Waals surface area contributed by atoms with Gasteiger partial charge in [-0.05, 0) is 32.0 Å². The van der Waals surface area contributed by atoms with Gasteiger partial charge in [-0.2, -0.15) is 5.10 Å². The summed E-state index contributed by atoms with van der Waals surface area (Å²) in [5, 5.41) is 4.95. The molecule has 0 radical (unpaired) electrons. The van der Waals surface area contributed by atoms with E-state index in [-0.39, 0.29) is 0 Å². The minimum absolute atomic E-state index is 0.325. The number of hydrogen-bond acceptors (Lipinski definition) is 3. The lowest BCUT2D eigenvalue weighted by Gasteiger charge is -2.06. The van der Waals surface area contributed by atoms with E-state index >= 15 is 0 Å². The van der Waals surface area contributed by atoms with E-state index in [9.17, 15) is 0 Å². The van der Waals surface area contributed by atoms with Gasteiger partial charge in [0, 0.05) is 12.2 Å². The summed E-state index contributed by atoms with van der Waals surface area (Å²) in [4.78, 5) is 4.38. The molecular formula is C11H13ClN4. The van der Waals surface area contributed by atoms with Crippen molar-refractivity contribution in [2.75, 3.05) is 0 Å². The zero-order valence-corrected chi connectivity index (χ0v) is 9.99. The number of aryl methyl sites for hydroxylation is 2. The maximum absolute atomic E-state index is 5.96. The number of nitrogens with zero attached hydrogens (tertiary/aromatic N) is 3. The Morgan fingerprint density at radius 2 is 2.12 bits per heavy atom. The van der Waals surface area contributed by atoms with Gasteiger partial charge in [-0.1, -0.05) is 11.6 Å². The van der Waals surface area contributed by atoms with Crippen LogP contribution in [0.1, 0.15) is 17.1 Å². The average Bonchev–Trinajstić information content (AvgIpc) is 2.59. The Labute approximate surface area is 99.1 Å². The molecule has 0 atom stereocenters. The Morgan fingerprint density at radius 3 is 2.69 bits per heavy atom. The zero-order chi connectivity index (χ0) is 11.7. The number of aromatic nitrogens is 3. The Hall–Kier alpha value is -1.39. The molecule has 2 N–H and O–H groups in total. The molecule has 2 heterocycles. The Morgan fingerprint density at radius 1 is 1.38 bits per heavy atom. The predicted molar refractivity (Wildman–Crippen MR) is 63.7 cm³/mol. The number of pyridine rings is 1. The molecule has 16 heavy (non-hydrogen) atoms. The lowest BCUT2D eigenvalue weighted by Crippen LogP contribution is -2.07. The van der Waals surface area contributed by atoms with Gasteiger partial charge in [-0.25, -0.2) is 9.67 Å². The number of halogens is 1. The van der Waals surface area contributed by atoms with E-state index in [0.29, 0.717) is 17.3 Å². The van der Waals surface area contributed by atoms with Gasteiger partial charge in [0.15, 0.2) is 5.82 Å². The molecule has 2 aromatic rings. The first-order valence-electron chi connectivity index (χ1n) is 5.01. The molecule has 0 aliphatic carbocycles. The predicted octanol–water partition coefficient (Wildman–Crippen LogP) is 2.00. The standard InChI is InChI=1S/C11H13ClN4/c1-7-5-8(2)16(15-7)11-4-3-9(12)10(6-13)14-11/h3-5H,6,13H2,1-2H3. The van der Waals surface area contributed by atoms with Crippen LogP contribution >= 0.6 is 11.6 Å². The molecule has 0 aromatic carbocycles. The van der Waals surface area contributed by atoms with Crippen LogP contribution in [0.15, 0.2) is 18.2 Å². The zero-order valence-electron chi connectivity index (χ0n) is 9.24. The second-order valence-electron chi connectivity index (χ2n) is 3.64. The van der Waals surface area contributed by atoms with Gasteiger partial charge in [-0.3, -0.25) is 0 Å². The molecule has 0 saturated carbocycles. The molecule has 2 aromatic heterocycles. The molecule has 0 amide bonds. The Bertz CT molecular complexity index is 519. The molecule has 2 rings (SSSR count). The average molecular weight is 237 g/mol. The van der Waals surface area contributed by atoms with Crippen molar-refractivity contribution in [3.63, 3.8) is 0 Å². The number of nitrogens with two attached hydrogens (primary N) is 1. The van der Waals surface area contributed by atoms with Gasteiger partial charge in [0.05, 0.1) is 16.4 Å². The molecule has 0 unspecified atom stereocenters. The minimum Gasteiger partial charge on any atom is -0.325 e. The third kappa shape index (κ3) is 1.94. The summed E-state index contributed by atoms with van der Waals surface area (Å²) in [5.41, 5.74) is 8.25. The van der Waals surface area contributed by atoms with Crippen LogP contribution in [0.4, 0.5) is 0 Å². The molecule has 0 fully saturated rings. The summed E-state index contributed by atoms with van der Waals surface area (Å²) in [7, 11) is 0. The normalized spacial score (nSPS) is 10.8. The van der Waals surface area contributed by atoms with Gasteiger partial charge >= 0.3 is 0 Å². The van der Waals surface area contributed by atoms with E-state index in [1.54, 1.807) is 10.7 Å². The molecule has 0 aliphatic heterocycles.